The summed E-state index contributed by atoms with van der Waals surface area (Å²) in [5.74, 6) is -0.515. The van der Waals surface area contributed by atoms with Crippen LogP contribution < -0.4 is 5.56 Å². The first-order chi connectivity index (χ1) is 12.0. The molecular weight excluding hydrogens is 338 g/mol. The van der Waals surface area contributed by atoms with E-state index in [1.807, 2.05) is 30.3 Å². The lowest BCUT2D eigenvalue weighted by atomic mass is 9.97. The molecule has 3 aromatic rings. The SMILES string of the molecule is CC(C)OC(=O)c1c(Cc2ccccc2)c(=O)[nH]c2ccc(Cl)cc12. The quantitative estimate of drug-likeness (QED) is 0.708. The Balaban J connectivity index is 2.24. The van der Waals surface area contributed by atoms with Crippen LogP contribution in [0.4, 0.5) is 0 Å². The van der Waals surface area contributed by atoms with Gasteiger partial charge < -0.3 is 9.72 Å². The molecule has 2 aromatic carbocycles. The topological polar surface area (TPSA) is 59.2 Å². The van der Waals surface area contributed by atoms with Crippen molar-refractivity contribution in [1.29, 1.82) is 0 Å². The Kier molecular flexibility index (Phi) is 4.91. The molecule has 0 aliphatic carbocycles. The number of ether oxygens (including phenoxy) is 1. The van der Waals surface area contributed by atoms with Gasteiger partial charge in [0.15, 0.2) is 0 Å². The molecule has 0 unspecified atom stereocenters. The van der Waals surface area contributed by atoms with Gasteiger partial charge in [-0.2, -0.15) is 0 Å². The Morgan fingerprint density at radius 1 is 1.16 bits per heavy atom. The van der Waals surface area contributed by atoms with Gasteiger partial charge in [-0.3, -0.25) is 4.79 Å². The van der Waals surface area contributed by atoms with Crippen LogP contribution in [0.2, 0.25) is 5.02 Å². The molecule has 0 amide bonds. The fraction of sp³-hybridized carbons (Fsp3) is 0.200. The maximum Gasteiger partial charge on any atom is 0.339 e. The molecule has 3 rings (SSSR count). The molecule has 128 valence electrons. The molecule has 5 heteroatoms. The fourth-order valence-electron chi connectivity index (χ4n) is 2.78. The average Bonchev–Trinajstić information content (AvgIpc) is 2.56. The first-order valence-corrected chi connectivity index (χ1v) is 8.43. The van der Waals surface area contributed by atoms with E-state index >= 15 is 0 Å². The molecule has 4 nitrogen and oxygen atoms in total. The van der Waals surface area contributed by atoms with Gasteiger partial charge in [-0.1, -0.05) is 41.9 Å². The number of aromatic nitrogens is 1. The lowest BCUT2D eigenvalue weighted by molar-refractivity contribution is 0.0379. The minimum atomic E-state index is -0.515. The highest BCUT2D eigenvalue weighted by Crippen LogP contribution is 2.25. The van der Waals surface area contributed by atoms with Crippen LogP contribution in [0.1, 0.15) is 35.3 Å². The number of fused-ring (bicyclic) bond motifs is 1. The second-order valence-corrected chi connectivity index (χ2v) is 6.55. The molecule has 0 aliphatic rings. The first-order valence-electron chi connectivity index (χ1n) is 8.05. The predicted octanol–water partition coefficient (Wildman–Crippen LogP) is 4.34. The number of benzene rings is 2. The molecule has 0 saturated carbocycles. The van der Waals surface area contributed by atoms with E-state index < -0.39 is 5.97 Å². The Morgan fingerprint density at radius 3 is 2.56 bits per heavy atom. The number of carbonyl (C=O) groups is 1. The van der Waals surface area contributed by atoms with Crippen molar-refractivity contribution in [3.8, 4) is 0 Å². The highest BCUT2D eigenvalue weighted by molar-refractivity contribution is 6.31. The number of aromatic amines is 1. The Hall–Kier alpha value is -2.59. The van der Waals surface area contributed by atoms with Gasteiger partial charge in [0.1, 0.15) is 0 Å². The number of hydrogen-bond acceptors (Lipinski definition) is 3. The third-order valence-electron chi connectivity index (χ3n) is 3.85. The minimum Gasteiger partial charge on any atom is -0.459 e. The molecule has 1 aromatic heterocycles. The molecule has 25 heavy (non-hydrogen) atoms. The third kappa shape index (κ3) is 3.74. The zero-order valence-electron chi connectivity index (χ0n) is 14.0. The molecule has 0 aliphatic heterocycles. The molecule has 1 N–H and O–H groups in total. The summed E-state index contributed by atoms with van der Waals surface area (Å²) in [4.78, 5) is 28.2. The number of carbonyl (C=O) groups excluding carboxylic acids is 1. The Morgan fingerprint density at radius 2 is 1.88 bits per heavy atom. The monoisotopic (exact) mass is 355 g/mol. The smallest absolute Gasteiger partial charge is 0.339 e. The zero-order valence-corrected chi connectivity index (χ0v) is 14.8. The fourth-order valence-corrected chi connectivity index (χ4v) is 2.95. The van der Waals surface area contributed by atoms with Gasteiger partial charge in [0, 0.05) is 27.9 Å². The molecule has 0 saturated heterocycles. The molecular formula is C20H18ClNO3. The molecule has 0 radical (unpaired) electrons. The van der Waals surface area contributed by atoms with E-state index in [0.29, 0.717) is 27.9 Å². The number of hydrogen-bond donors (Lipinski definition) is 1. The van der Waals surface area contributed by atoms with Crippen LogP contribution in [0, 0.1) is 0 Å². The van der Waals surface area contributed by atoms with Gasteiger partial charge in [-0.25, -0.2) is 4.79 Å². The molecule has 0 bridgehead atoms. The van der Waals surface area contributed by atoms with Crippen LogP contribution in [0.5, 0.6) is 0 Å². The largest absolute Gasteiger partial charge is 0.459 e. The third-order valence-corrected chi connectivity index (χ3v) is 4.08. The van der Waals surface area contributed by atoms with Crippen LogP contribution >= 0.6 is 11.6 Å². The molecule has 0 fully saturated rings. The van der Waals surface area contributed by atoms with E-state index in [0.717, 1.165) is 5.56 Å². The van der Waals surface area contributed by atoms with E-state index in [1.54, 1.807) is 32.0 Å². The van der Waals surface area contributed by atoms with Crippen LogP contribution in [0.15, 0.2) is 53.3 Å². The lowest BCUT2D eigenvalue weighted by Gasteiger charge is -2.14. The second kappa shape index (κ2) is 7.11. The summed E-state index contributed by atoms with van der Waals surface area (Å²) in [5, 5.41) is 1.08. The van der Waals surface area contributed by atoms with E-state index in [9.17, 15) is 9.59 Å². The van der Waals surface area contributed by atoms with Crippen molar-refractivity contribution in [2.24, 2.45) is 0 Å². The van der Waals surface area contributed by atoms with E-state index in [4.69, 9.17) is 16.3 Å². The Labute approximate surface area is 150 Å². The van der Waals surface area contributed by atoms with E-state index in [2.05, 4.69) is 4.98 Å². The number of esters is 1. The van der Waals surface area contributed by atoms with Gasteiger partial charge >= 0.3 is 5.97 Å². The maximum atomic E-state index is 12.7. The summed E-state index contributed by atoms with van der Waals surface area (Å²) in [6.07, 6.45) is 0.0480. The van der Waals surface area contributed by atoms with Gasteiger partial charge in [0.05, 0.1) is 11.7 Å². The summed E-state index contributed by atoms with van der Waals surface area (Å²) in [6, 6.07) is 14.6. The zero-order chi connectivity index (χ0) is 18.0. The maximum absolute atomic E-state index is 12.7. The van der Waals surface area contributed by atoms with E-state index in [1.165, 1.54) is 0 Å². The summed E-state index contributed by atoms with van der Waals surface area (Å²) in [5.41, 5.74) is 1.86. The highest BCUT2D eigenvalue weighted by Gasteiger charge is 2.21. The van der Waals surface area contributed by atoms with Crippen LogP contribution in [0.3, 0.4) is 0 Å². The van der Waals surface area contributed by atoms with Crippen molar-refractivity contribution in [2.75, 3.05) is 0 Å². The van der Waals surface area contributed by atoms with Crippen molar-refractivity contribution < 1.29 is 9.53 Å². The standard InChI is InChI=1S/C20H18ClNO3/c1-12(2)25-20(24)18-15-11-14(21)8-9-17(15)22-19(23)16(18)10-13-6-4-3-5-7-13/h3-9,11-12H,10H2,1-2H3,(H,22,23). The molecule has 1 heterocycles. The summed E-state index contributed by atoms with van der Waals surface area (Å²) >= 11 is 6.11. The van der Waals surface area contributed by atoms with Crippen LogP contribution in [-0.2, 0) is 11.2 Å². The Bertz CT molecular complexity index is 977. The van der Waals surface area contributed by atoms with Crippen molar-refractivity contribution in [3.63, 3.8) is 0 Å². The first kappa shape index (κ1) is 17.2. The number of H-pyrrole nitrogens is 1. The van der Waals surface area contributed by atoms with Crippen molar-refractivity contribution in [1.82, 2.24) is 4.98 Å². The van der Waals surface area contributed by atoms with Crippen molar-refractivity contribution in [3.05, 3.63) is 80.6 Å². The van der Waals surface area contributed by atoms with Crippen molar-refractivity contribution >= 4 is 28.5 Å². The van der Waals surface area contributed by atoms with Gasteiger partial charge in [-0.15, -0.1) is 0 Å². The van der Waals surface area contributed by atoms with Gasteiger partial charge in [-0.05, 0) is 37.6 Å². The van der Waals surface area contributed by atoms with E-state index in [-0.39, 0.29) is 17.2 Å². The molecule has 0 atom stereocenters. The minimum absolute atomic E-state index is 0.277. The highest BCUT2D eigenvalue weighted by atomic mass is 35.5. The summed E-state index contributed by atoms with van der Waals surface area (Å²) in [7, 11) is 0. The van der Waals surface area contributed by atoms with Crippen LogP contribution in [0.25, 0.3) is 10.9 Å². The normalized spacial score (nSPS) is 11.0. The molecule has 0 spiro atoms. The number of rotatable bonds is 4. The van der Waals surface area contributed by atoms with Crippen LogP contribution in [-0.4, -0.2) is 17.1 Å². The number of halogens is 1. The van der Waals surface area contributed by atoms with Gasteiger partial charge in [0.25, 0.3) is 5.56 Å². The summed E-state index contributed by atoms with van der Waals surface area (Å²) < 4.78 is 5.38. The lowest BCUT2D eigenvalue weighted by Crippen LogP contribution is -2.22. The average molecular weight is 356 g/mol. The van der Waals surface area contributed by atoms with Gasteiger partial charge in [0.2, 0.25) is 0 Å². The number of pyridine rings is 1. The van der Waals surface area contributed by atoms with Crippen molar-refractivity contribution in [2.45, 2.75) is 26.4 Å². The predicted molar refractivity (Wildman–Crippen MR) is 99.4 cm³/mol. The number of nitrogens with one attached hydrogen (secondary N) is 1. The second-order valence-electron chi connectivity index (χ2n) is 6.11. The summed E-state index contributed by atoms with van der Waals surface area (Å²) in [6.45, 7) is 3.55.